The second-order valence-electron chi connectivity index (χ2n) is 5.70. The summed E-state index contributed by atoms with van der Waals surface area (Å²) in [5.41, 5.74) is 0. The highest BCUT2D eigenvalue weighted by atomic mass is 16.3. The molecule has 1 rings (SSSR count). The Morgan fingerprint density at radius 2 is 2.18 bits per heavy atom. The van der Waals surface area contributed by atoms with E-state index in [0.29, 0.717) is 6.61 Å². The molecule has 0 spiro atoms. The molecule has 102 valence electrons. The number of piperidine rings is 1. The summed E-state index contributed by atoms with van der Waals surface area (Å²) < 4.78 is 0. The van der Waals surface area contributed by atoms with Crippen molar-refractivity contribution in [2.24, 2.45) is 11.8 Å². The number of likely N-dealkylation sites (tertiary alicyclic amines) is 1. The molecule has 0 aromatic heterocycles. The Kier molecular flexibility index (Phi) is 7.87. The highest BCUT2D eigenvalue weighted by Crippen LogP contribution is 2.22. The van der Waals surface area contributed by atoms with E-state index in [0.717, 1.165) is 18.3 Å². The van der Waals surface area contributed by atoms with Crippen molar-refractivity contribution in [2.75, 3.05) is 26.2 Å². The smallest absolute Gasteiger partial charge is 0.0434 e. The quantitative estimate of drug-likeness (QED) is 0.705. The molecule has 1 saturated heterocycles. The number of hydrogen-bond acceptors (Lipinski definition) is 2. The van der Waals surface area contributed by atoms with Gasteiger partial charge in [0.15, 0.2) is 0 Å². The van der Waals surface area contributed by atoms with Gasteiger partial charge in [0.25, 0.3) is 0 Å². The van der Waals surface area contributed by atoms with E-state index in [9.17, 15) is 0 Å². The molecule has 17 heavy (non-hydrogen) atoms. The van der Waals surface area contributed by atoms with Crippen molar-refractivity contribution in [3.63, 3.8) is 0 Å². The highest BCUT2D eigenvalue weighted by Gasteiger charge is 2.21. The normalized spacial score (nSPS) is 23.8. The molecule has 1 aliphatic heterocycles. The molecule has 1 heterocycles. The number of hydrogen-bond donors (Lipinski definition) is 1. The maximum absolute atomic E-state index is 9.03. The number of aliphatic hydroxyl groups is 1. The minimum absolute atomic E-state index is 0.367. The van der Waals surface area contributed by atoms with Gasteiger partial charge >= 0.3 is 0 Å². The summed E-state index contributed by atoms with van der Waals surface area (Å²) in [5, 5.41) is 9.03. The van der Waals surface area contributed by atoms with Gasteiger partial charge in [-0.25, -0.2) is 0 Å². The minimum Gasteiger partial charge on any atom is -0.396 e. The summed E-state index contributed by atoms with van der Waals surface area (Å²) in [6.45, 7) is 8.78. The molecular weight excluding hydrogens is 210 g/mol. The maximum Gasteiger partial charge on any atom is 0.0434 e. The van der Waals surface area contributed by atoms with Gasteiger partial charge in [-0.2, -0.15) is 0 Å². The molecule has 0 radical (unpaired) electrons. The van der Waals surface area contributed by atoms with Crippen molar-refractivity contribution in [1.29, 1.82) is 0 Å². The van der Waals surface area contributed by atoms with E-state index < -0.39 is 0 Å². The highest BCUT2D eigenvalue weighted by molar-refractivity contribution is 4.75. The van der Waals surface area contributed by atoms with Crippen LogP contribution in [0.5, 0.6) is 0 Å². The summed E-state index contributed by atoms with van der Waals surface area (Å²) in [7, 11) is 0. The molecule has 0 bridgehead atoms. The maximum atomic E-state index is 9.03. The zero-order valence-corrected chi connectivity index (χ0v) is 11.8. The zero-order valence-electron chi connectivity index (χ0n) is 11.8. The van der Waals surface area contributed by atoms with Crippen molar-refractivity contribution in [1.82, 2.24) is 4.90 Å². The third-order valence-electron chi connectivity index (χ3n) is 4.20. The predicted molar refractivity (Wildman–Crippen MR) is 74.2 cm³/mol. The SMILES string of the molecule is CCCCC(CC)CN1CCCC(CCO)C1. The fraction of sp³-hybridized carbons (Fsp3) is 1.00. The Morgan fingerprint density at radius 3 is 2.82 bits per heavy atom. The fourth-order valence-electron chi connectivity index (χ4n) is 3.02. The van der Waals surface area contributed by atoms with Crippen LogP contribution in [0, 0.1) is 11.8 Å². The monoisotopic (exact) mass is 241 g/mol. The molecule has 2 unspecified atom stereocenters. The average molecular weight is 241 g/mol. The summed E-state index contributed by atoms with van der Waals surface area (Å²) in [5.74, 6) is 1.64. The van der Waals surface area contributed by atoms with Crippen LogP contribution in [0.25, 0.3) is 0 Å². The number of aliphatic hydroxyl groups excluding tert-OH is 1. The zero-order chi connectivity index (χ0) is 12.5. The predicted octanol–water partition coefficient (Wildman–Crippen LogP) is 3.30. The number of unbranched alkanes of at least 4 members (excludes halogenated alkanes) is 1. The summed E-state index contributed by atoms with van der Waals surface area (Å²) in [6.07, 6.45) is 9.07. The largest absolute Gasteiger partial charge is 0.396 e. The first kappa shape index (κ1) is 15.0. The molecule has 2 heteroatoms. The Bertz CT molecular complexity index is 182. The summed E-state index contributed by atoms with van der Waals surface area (Å²) in [4.78, 5) is 2.65. The van der Waals surface area contributed by atoms with Crippen LogP contribution in [0.3, 0.4) is 0 Å². The topological polar surface area (TPSA) is 23.5 Å². The van der Waals surface area contributed by atoms with Gasteiger partial charge in [-0.15, -0.1) is 0 Å². The van der Waals surface area contributed by atoms with Crippen LogP contribution in [0.4, 0.5) is 0 Å². The van der Waals surface area contributed by atoms with Crippen molar-refractivity contribution in [3.8, 4) is 0 Å². The van der Waals surface area contributed by atoms with Gasteiger partial charge in [0, 0.05) is 19.7 Å². The van der Waals surface area contributed by atoms with Crippen LogP contribution < -0.4 is 0 Å². The third-order valence-corrected chi connectivity index (χ3v) is 4.20. The molecule has 0 aliphatic carbocycles. The van der Waals surface area contributed by atoms with E-state index in [1.807, 2.05) is 0 Å². The van der Waals surface area contributed by atoms with Crippen molar-refractivity contribution < 1.29 is 5.11 Å². The lowest BCUT2D eigenvalue weighted by atomic mass is 9.92. The lowest BCUT2D eigenvalue weighted by Gasteiger charge is -2.34. The van der Waals surface area contributed by atoms with Gasteiger partial charge in [-0.3, -0.25) is 0 Å². The molecule has 0 aromatic carbocycles. The fourth-order valence-corrected chi connectivity index (χ4v) is 3.02. The van der Waals surface area contributed by atoms with Crippen molar-refractivity contribution >= 4 is 0 Å². The van der Waals surface area contributed by atoms with Gasteiger partial charge < -0.3 is 10.0 Å². The Morgan fingerprint density at radius 1 is 1.35 bits per heavy atom. The van der Waals surface area contributed by atoms with Crippen LogP contribution in [-0.4, -0.2) is 36.2 Å². The molecule has 1 aliphatic rings. The Labute approximate surface area is 107 Å². The van der Waals surface area contributed by atoms with Crippen LogP contribution >= 0.6 is 0 Å². The summed E-state index contributed by atoms with van der Waals surface area (Å²) in [6, 6.07) is 0. The van der Waals surface area contributed by atoms with Crippen LogP contribution in [-0.2, 0) is 0 Å². The van der Waals surface area contributed by atoms with E-state index in [-0.39, 0.29) is 0 Å². The van der Waals surface area contributed by atoms with Gasteiger partial charge in [0.1, 0.15) is 0 Å². The first-order valence-corrected chi connectivity index (χ1v) is 7.63. The van der Waals surface area contributed by atoms with Gasteiger partial charge in [-0.05, 0) is 44.1 Å². The van der Waals surface area contributed by atoms with Crippen molar-refractivity contribution in [3.05, 3.63) is 0 Å². The number of rotatable bonds is 8. The Balaban J connectivity index is 2.27. The molecular formula is C15H31NO. The second-order valence-corrected chi connectivity index (χ2v) is 5.70. The molecule has 2 nitrogen and oxygen atoms in total. The van der Waals surface area contributed by atoms with E-state index in [1.165, 1.54) is 58.2 Å². The standard InChI is InChI=1S/C15H31NO/c1-3-5-7-14(4-2)12-16-10-6-8-15(13-16)9-11-17/h14-15,17H,3-13H2,1-2H3. The van der Waals surface area contributed by atoms with E-state index in [2.05, 4.69) is 18.7 Å². The molecule has 1 N–H and O–H groups in total. The Hall–Kier alpha value is -0.0800. The lowest BCUT2D eigenvalue weighted by Crippen LogP contribution is -2.38. The van der Waals surface area contributed by atoms with Gasteiger partial charge in [-0.1, -0.05) is 33.1 Å². The molecule has 0 amide bonds. The molecule has 0 saturated carbocycles. The van der Waals surface area contributed by atoms with Crippen LogP contribution in [0.2, 0.25) is 0 Å². The van der Waals surface area contributed by atoms with Crippen LogP contribution in [0.1, 0.15) is 58.8 Å². The first-order valence-electron chi connectivity index (χ1n) is 7.63. The van der Waals surface area contributed by atoms with E-state index in [4.69, 9.17) is 5.11 Å². The lowest BCUT2D eigenvalue weighted by molar-refractivity contribution is 0.127. The molecule has 2 atom stereocenters. The van der Waals surface area contributed by atoms with E-state index >= 15 is 0 Å². The van der Waals surface area contributed by atoms with E-state index in [1.54, 1.807) is 0 Å². The van der Waals surface area contributed by atoms with Gasteiger partial charge in [0.05, 0.1) is 0 Å². The average Bonchev–Trinajstić information content (AvgIpc) is 2.35. The molecule has 1 fully saturated rings. The van der Waals surface area contributed by atoms with Crippen LogP contribution in [0.15, 0.2) is 0 Å². The summed E-state index contributed by atoms with van der Waals surface area (Å²) >= 11 is 0. The second kappa shape index (κ2) is 8.93. The van der Waals surface area contributed by atoms with Crippen molar-refractivity contribution in [2.45, 2.75) is 58.8 Å². The third kappa shape index (κ3) is 5.87. The molecule has 0 aromatic rings. The minimum atomic E-state index is 0.367. The first-order chi connectivity index (χ1) is 8.30. The van der Waals surface area contributed by atoms with Gasteiger partial charge in [0.2, 0.25) is 0 Å². The number of nitrogens with zero attached hydrogens (tertiary/aromatic N) is 1.